The lowest BCUT2D eigenvalue weighted by atomic mass is 9.69. The monoisotopic (exact) mass is 705 g/mol. The highest BCUT2D eigenvalue weighted by atomic mass is 35.5. The Kier molecular flexibility index (Phi) is 8.11. The number of carbonyl (C=O) groups excluding carboxylic acids is 3. The predicted octanol–water partition coefficient (Wildman–Crippen LogP) is 6.98. The van der Waals surface area contributed by atoms with Crippen molar-refractivity contribution in [3.05, 3.63) is 87.2 Å². The number of halogens is 6. The van der Waals surface area contributed by atoms with Gasteiger partial charge in [0.15, 0.2) is 0 Å². The Morgan fingerprint density at radius 2 is 1.85 bits per heavy atom. The molecule has 3 fully saturated rings. The van der Waals surface area contributed by atoms with Crippen LogP contribution in [-0.2, 0) is 20.7 Å². The van der Waals surface area contributed by atoms with Gasteiger partial charge in [0.1, 0.15) is 22.7 Å². The van der Waals surface area contributed by atoms with E-state index in [-0.39, 0.29) is 41.8 Å². The van der Waals surface area contributed by atoms with Gasteiger partial charge in [-0.2, -0.15) is 0 Å². The summed E-state index contributed by atoms with van der Waals surface area (Å²) in [6.07, 6.45) is -3.14. The first-order valence-electron chi connectivity index (χ1n) is 15.5. The molecule has 3 aromatic carbocycles. The Bertz CT molecular complexity index is 1840. The van der Waals surface area contributed by atoms with Crippen molar-refractivity contribution in [1.82, 2.24) is 4.90 Å². The number of esters is 1. The number of nitrogens with zero attached hydrogens (tertiary/aromatic N) is 2. The molecule has 0 radical (unpaired) electrons. The Labute approximate surface area is 282 Å². The van der Waals surface area contributed by atoms with Crippen LogP contribution in [0.5, 0.6) is 5.75 Å². The van der Waals surface area contributed by atoms with Crippen molar-refractivity contribution in [3.8, 4) is 5.75 Å². The molecule has 0 bridgehead atoms. The Hall–Kier alpha value is -3.87. The number of fused-ring (bicyclic) bond motifs is 2. The maximum Gasteiger partial charge on any atom is 0.573 e. The highest BCUT2D eigenvalue weighted by Gasteiger charge is 2.69. The zero-order chi connectivity index (χ0) is 34.1. The molecule has 48 heavy (non-hydrogen) atoms. The van der Waals surface area contributed by atoms with E-state index in [1.165, 1.54) is 30.0 Å². The van der Waals surface area contributed by atoms with Crippen LogP contribution in [0, 0.1) is 17.7 Å². The van der Waals surface area contributed by atoms with Gasteiger partial charge in [-0.15, -0.1) is 13.2 Å². The summed E-state index contributed by atoms with van der Waals surface area (Å²) >= 11 is 12.5. The molecule has 252 valence electrons. The third-order valence-electron chi connectivity index (χ3n) is 9.76. The lowest BCUT2D eigenvalue weighted by Crippen LogP contribution is -2.62. The fourth-order valence-electron chi connectivity index (χ4n) is 7.65. The highest BCUT2D eigenvalue weighted by molar-refractivity contribution is 6.31. The third kappa shape index (κ3) is 5.47. The van der Waals surface area contributed by atoms with Crippen molar-refractivity contribution in [2.24, 2.45) is 11.8 Å². The first-order chi connectivity index (χ1) is 22.8. The number of hydrogen-bond donors (Lipinski definition) is 1. The van der Waals surface area contributed by atoms with E-state index in [0.29, 0.717) is 17.3 Å². The summed E-state index contributed by atoms with van der Waals surface area (Å²) in [5, 5.41) is 3.24. The summed E-state index contributed by atoms with van der Waals surface area (Å²) in [4.78, 5) is 44.9. The minimum atomic E-state index is -5.14. The van der Waals surface area contributed by atoms with Crippen molar-refractivity contribution in [1.29, 1.82) is 0 Å². The van der Waals surface area contributed by atoms with Crippen LogP contribution in [0.25, 0.3) is 0 Å². The van der Waals surface area contributed by atoms with Crippen LogP contribution in [0.15, 0.2) is 54.6 Å². The molecule has 1 N–H and O–H groups in total. The first-order valence-corrected chi connectivity index (χ1v) is 16.3. The molecule has 3 aromatic rings. The second-order valence-corrected chi connectivity index (χ2v) is 13.4. The number of amides is 2. The predicted molar refractivity (Wildman–Crippen MR) is 169 cm³/mol. The van der Waals surface area contributed by atoms with Crippen molar-refractivity contribution in [2.45, 2.75) is 50.0 Å². The van der Waals surface area contributed by atoms with Gasteiger partial charge in [0.2, 0.25) is 11.8 Å². The van der Waals surface area contributed by atoms with Gasteiger partial charge in [-0.05, 0) is 67.1 Å². The first kappa shape index (κ1) is 32.7. The minimum absolute atomic E-state index is 0.0123. The number of nitrogens with one attached hydrogen (secondary N) is 1. The van der Waals surface area contributed by atoms with Gasteiger partial charge in [-0.25, -0.2) is 9.18 Å². The van der Waals surface area contributed by atoms with Crippen molar-refractivity contribution in [2.75, 3.05) is 29.9 Å². The second-order valence-electron chi connectivity index (χ2n) is 12.6. The van der Waals surface area contributed by atoms with Crippen LogP contribution in [0.2, 0.25) is 10.0 Å². The number of ether oxygens (including phenoxy) is 2. The Morgan fingerprint density at radius 1 is 1.08 bits per heavy atom. The van der Waals surface area contributed by atoms with Crippen molar-refractivity contribution >= 4 is 52.4 Å². The van der Waals surface area contributed by atoms with E-state index < -0.39 is 64.7 Å². The molecule has 2 saturated heterocycles. The molecular formula is C34H29Cl2F4N3O5. The molecule has 4 aliphatic rings. The van der Waals surface area contributed by atoms with Crippen LogP contribution in [-0.4, -0.2) is 60.3 Å². The molecule has 3 aliphatic heterocycles. The Balaban J connectivity index is 1.36. The molecule has 1 spiro atoms. The van der Waals surface area contributed by atoms with E-state index in [4.69, 9.17) is 27.9 Å². The van der Waals surface area contributed by atoms with Crippen LogP contribution in [0.3, 0.4) is 0 Å². The largest absolute Gasteiger partial charge is 0.573 e. The fraction of sp³-hybridized carbons (Fsp3) is 0.382. The number of hydrogen-bond acceptors (Lipinski definition) is 6. The molecule has 7 rings (SSSR count). The number of rotatable bonds is 7. The lowest BCUT2D eigenvalue weighted by molar-refractivity contribution is -0.274. The molecule has 8 nitrogen and oxygen atoms in total. The van der Waals surface area contributed by atoms with E-state index >= 15 is 4.39 Å². The van der Waals surface area contributed by atoms with Gasteiger partial charge in [-0.1, -0.05) is 41.4 Å². The zero-order valence-electron chi connectivity index (χ0n) is 25.5. The van der Waals surface area contributed by atoms with Crippen molar-refractivity contribution in [3.63, 3.8) is 0 Å². The normalized spacial score (nSPS) is 25.2. The Morgan fingerprint density at radius 3 is 2.56 bits per heavy atom. The van der Waals surface area contributed by atoms with Gasteiger partial charge in [0, 0.05) is 53.9 Å². The summed E-state index contributed by atoms with van der Waals surface area (Å²) in [7, 11) is 0. The number of benzene rings is 3. The van der Waals surface area contributed by atoms with E-state index in [2.05, 4.69) is 10.1 Å². The molecule has 14 heteroatoms. The van der Waals surface area contributed by atoms with E-state index in [1.54, 1.807) is 24.3 Å². The zero-order valence-corrected chi connectivity index (χ0v) is 27.0. The quantitative estimate of drug-likeness (QED) is 0.211. The fourth-order valence-corrected chi connectivity index (χ4v) is 8.01. The summed E-state index contributed by atoms with van der Waals surface area (Å²) in [5.41, 5.74) is -0.434. The van der Waals surface area contributed by atoms with Gasteiger partial charge in [0.05, 0.1) is 17.5 Å². The molecule has 0 unspecified atom stereocenters. The van der Waals surface area contributed by atoms with Gasteiger partial charge >= 0.3 is 12.3 Å². The molecule has 3 heterocycles. The van der Waals surface area contributed by atoms with E-state index in [9.17, 15) is 27.6 Å². The number of alkyl halides is 3. The SMILES string of the molecule is CCOC(=O)c1ccc(N2C[C@H]3[C@@H](C2=O)[C@H](c2cccc(Cl)c2F)[C@@]2(Cc4ccc(Cl)cc4NC2=O)N3CC2CC2)cc1OC(F)(F)F. The van der Waals surface area contributed by atoms with E-state index in [0.717, 1.165) is 30.5 Å². The van der Waals surface area contributed by atoms with Gasteiger partial charge in [0.25, 0.3) is 0 Å². The standard InChI is InChI=1S/C34H29Cl2F4N3O5/c1-2-47-31(45)21-11-10-20(13-26(21)48-34(38,39)40)42-16-25-27(30(42)44)28(22-4-3-5-23(36)29(22)37)33(43(25)15-17-6-7-17)14-18-8-9-19(35)12-24(18)41-32(33)46/h3-5,8-13,17,25,27-28H,2,6-7,14-16H2,1H3,(H,41,46)/t25-,27+,28-,33+/m0/s1. The van der Waals surface area contributed by atoms with Gasteiger partial charge in [-0.3, -0.25) is 14.5 Å². The molecule has 0 aromatic heterocycles. The topological polar surface area (TPSA) is 88.2 Å². The van der Waals surface area contributed by atoms with E-state index in [1.807, 2.05) is 4.90 Å². The van der Waals surface area contributed by atoms with Crippen LogP contribution < -0.4 is 15.0 Å². The van der Waals surface area contributed by atoms with Crippen LogP contribution in [0.1, 0.15) is 47.2 Å². The molecular weight excluding hydrogens is 677 g/mol. The second kappa shape index (κ2) is 11.9. The maximum atomic E-state index is 16.1. The highest BCUT2D eigenvalue weighted by Crippen LogP contribution is 2.58. The van der Waals surface area contributed by atoms with Crippen molar-refractivity contribution < 1.29 is 41.4 Å². The third-order valence-corrected chi connectivity index (χ3v) is 10.3. The van der Waals surface area contributed by atoms with Gasteiger partial charge < -0.3 is 19.7 Å². The molecule has 1 saturated carbocycles. The minimum Gasteiger partial charge on any atom is -0.462 e. The average molecular weight is 707 g/mol. The summed E-state index contributed by atoms with van der Waals surface area (Å²) in [6, 6.07) is 12.4. The van der Waals surface area contributed by atoms with Crippen LogP contribution in [0.4, 0.5) is 28.9 Å². The van der Waals surface area contributed by atoms with Crippen LogP contribution >= 0.6 is 23.2 Å². The summed E-state index contributed by atoms with van der Waals surface area (Å²) in [5.74, 6) is -5.28. The average Bonchev–Trinajstić information content (AvgIpc) is 3.73. The number of carbonyl (C=O) groups is 3. The number of likely N-dealkylation sites (tertiary alicyclic amines) is 1. The molecule has 4 atom stereocenters. The number of anilines is 2. The molecule has 2 amide bonds. The summed E-state index contributed by atoms with van der Waals surface area (Å²) < 4.78 is 65.5. The lowest BCUT2D eigenvalue weighted by Gasteiger charge is -2.46. The summed E-state index contributed by atoms with van der Waals surface area (Å²) in [6.45, 7) is 1.87. The maximum absolute atomic E-state index is 16.1. The smallest absolute Gasteiger partial charge is 0.462 e. The molecule has 1 aliphatic carbocycles.